The van der Waals surface area contributed by atoms with Crippen LogP contribution in [0.3, 0.4) is 0 Å². The summed E-state index contributed by atoms with van der Waals surface area (Å²) < 4.78 is 32.2. The van der Waals surface area contributed by atoms with Gasteiger partial charge in [0.25, 0.3) is 5.91 Å². The SMILES string of the molecule is CCCNS(=O)(=O)c1ccc(NC(=O)C(C)Oc2cccc(C)c2)cc1. The largest absolute Gasteiger partial charge is 0.481 e. The first-order chi connectivity index (χ1) is 12.3. The van der Waals surface area contributed by atoms with E-state index in [4.69, 9.17) is 4.74 Å². The van der Waals surface area contributed by atoms with Crippen molar-refractivity contribution in [3.05, 3.63) is 54.1 Å². The summed E-state index contributed by atoms with van der Waals surface area (Å²) in [6, 6.07) is 13.5. The third-order valence-corrected chi connectivity index (χ3v) is 5.12. The van der Waals surface area contributed by atoms with Gasteiger partial charge >= 0.3 is 0 Å². The minimum atomic E-state index is -3.52. The van der Waals surface area contributed by atoms with E-state index in [1.165, 1.54) is 12.1 Å². The fraction of sp³-hybridized carbons (Fsp3) is 0.316. The Hall–Kier alpha value is -2.38. The van der Waals surface area contributed by atoms with Crippen molar-refractivity contribution in [2.75, 3.05) is 11.9 Å². The van der Waals surface area contributed by atoms with E-state index in [9.17, 15) is 13.2 Å². The van der Waals surface area contributed by atoms with Gasteiger partial charge in [0, 0.05) is 12.2 Å². The van der Waals surface area contributed by atoms with Gasteiger partial charge in [0.05, 0.1) is 4.90 Å². The maximum Gasteiger partial charge on any atom is 0.265 e. The summed E-state index contributed by atoms with van der Waals surface area (Å²) in [6.07, 6.45) is 0.0260. The van der Waals surface area contributed by atoms with E-state index in [0.717, 1.165) is 5.56 Å². The Morgan fingerprint density at radius 1 is 1.15 bits per heavy atom. The van der Waals surface area contributed by atoms with Gasteiger partial charge in [-0.05, 0) is 62.2 Å². The molecule has 2 rings (SSSR count). The summed E-state index contributed by atoms with van der Waals surface area (Å²) in [7, 11) is -3.52. The molecule has 140 valence electrons. The van der Waals surface area contributed by atoms with Crippen LogP contribution < -0.4 is 14.8 Å². The third kappa shape index (κ3) is 5.57. The summed E-state index contributed by atoms with van der Waals surface area (Å²) in [5.74, 6) is 0.308. The van der Waals surface area contributed by atoms with E-state index in [-0.39, 0.29) is 10.8 Å². The van der Waals surface area contributed by atoms with Crippen molar-refractivity contribution in [1.82, 2.24) is 4.72 Å². The average Bonchev–Trinajstić information content (AvgIpc) is 2.60. The first kappa shape index (κ1) is 19.9. The number of hydrogen-bond donors (Lipinski definition) is 2. The molecule has 0 aliphatic heterocycles. The van der Waals surface area contributed by atoms with Gasteiger partial charge in [0.15, 0.2) is 6.10 Å². The lowest BCUT2D eigenvalue weighted by Crippen LogP contribution is -2.30. The lowest BCUT2D eigenvalue weighted by molar-refractivity contribution is -0.122. The molecule has 2 N–H and O–H groups in total. The van der Waals surface area contributed by atoms with E-state index < -0.39 is 16.1 Å². The minimum Gasteiger partial charge on any atom is -0.481 e. The van der Waals surface area contributed by atoms with E-state index in [2.05, 4.69) is 10.0 Å². The van der Waals surface area contributed by atoms with E-state index in [0.29, 0.717) is 24.4 Å². The van der Waals surface area contributed by atoms with Crippen LogP contribution in [0.1, 0.15) is 25.8 Å². The monoisotopic (exact) mass is 376 g/mol. The van der Waals surface area contributed by atoms with Crippen molar-refractivity contribution in [1.29, 1.82) is 0 Å². The molecule has 0 heterocycles. The second-order valence-electron chi connectivity index (χ2n) is 5.99. The van der Waals surface area contributed by atoms with Gasteiger partial charge in [0.2, 0.25) is 10.0 Å². The van der Waals surface area contributed by atoms with E-state index >= 15 is 0 Å². The second-order valence-corrected chi connectivity index (χ2v) is 7.75. The molecular formula is C19H24N2O4S. The Labute approximate surface area is 154 Å². The fourth-order valence-corrected chi connectivity index (χ4v) is 3.36. The summed E-state index contributed by atoms with van der Waals surface area (Å²) in [6.45, 7) is 5.88. The molecule has 6 nitrogen and oxygen atoms in total. The predicted octanol–water partition coefficient (Wildman–Crippen LogP) is 3.09. The van der Waals surface area contributed by atoms with Crippen molar-refractivity contribution < 1.29 is 17.9 Å². The zero-order valence-corrected chi connectivity index (χ0v) is 16.0. The van der Waals surface area contributed by atoms with Crippen molar-refractivity contribution in [3.8, 4) is 5.75 Å². The molecule has 0 saturated heterocycles. The number of carbonyl (C=O) groups is 1. The standard InChI is InChI=1S/C19H24N2O4S/c1-4-12-20-26(23,24)18-10-8-16(9-11-18)21-19(22)15(3)25-17-7-5-6-14(2)13-17/h5-11,13,15,20H,4,12H2,1-3H3,(H,21,22). The van der Waals surface area contributed by atoms with Crippen LogP contribution in [-0.2, 0) is 14.8 Å². The topological polar surface area (TPSA) is 84.5 Å². The molecule has 1 amide bonds. The number of nitrogens with one attached hydrogen (secondary N) is 2. The molecule has 0 spiro atoms. The van der Waals surface area contributed by atoms with Crippen LogP contribution in [0.15, 0.2) is 53.4 Å². The van der Waals surface area contributed by atoms with Gasteiger partial charge in [-0.1, -0.05) is 19.1 Å². The second kappa shape index (κ2) is 8.82. The number of carbonyl (C=O) groups excluding carboxylic acids is 1. The Bertz CT molecular complexity index is 848. The molecule has 0 radical (unpaired) electrons. The fourth-order valence-electron chi connectivity index (χ4n) is 2.23. The van der Waals surface area contributed by atoms with Crippen LogP contribution in [0, 0.1) is 6.92 Å². The Kier molecular flexibility index (Phi) is 6.76. The molecule has 1 atom stereocenters. The molecule has 0 fully saturated rings. The highest BCUT2D eigenvalue weighted by Gasteiger charge is 2.16. The van der Waals surface area contributed by atoms with Gasteiger partial charge in [-0.3, -0.25) is 4.79 Å². The quantitative estimate of drug-likeness (QED) is 0.741. The lowest BCUT2D eigenvalue weighted by Gasteiger charge is -2.15. The zero-order valence-electron chi connectivity index (χ0n) is 15.2. The molecule has 0 aromatic heterocycles. The highest BCUT2D eigenvalue weighted by Crippen LogP contribution is 2.17. The van der Waals surface area contributed by atoms with Crippen molar-refractivity contribution >= 4 is 21.6 Å². The number of rotatable bonds is 8. The third-order valence-electron chi connectivity index (χ3n) is 3.65. The summed E-state index contributed by atoms with van der Waals surface area (Å²) in [5, 5.41) is 2.72. The predicted molar refractivity (Wildman–Crippen MR) is 102 cm³/mol. The first-order valence-electron chi connectivity index (χ1n) is 8.45. The Balaban J connectivity index is 1.98. The molecule has 0 bridgehead atoms. The molecule has 0 aliphatic carbocycles. The Morgan fingerprint density at radius 3 is 2.46 bits per heavy atom. The number of amides is 1. The van der Waals surface area contributed by atoms with E-state index in [1.807, 2.05) is 32.0 Å². The summed E-state index contributed by atoms with van der Waals surface area (Å²) >= 11 is 0. The van der Waals surface area contributed by atoms with Gasteiger partial charge in [-0.15, -0.1) is 0 Å². The smallest absolute Gasteiger partial charge is 0.265 e. The van der Waals surface area contributed by atoms with Crippen LogP contribution in [0.2, 0.25) is 0 Å². The van der Waals surface area contributed by atoms with Crippen molar-refractivity contribution in [2.24, 2.45) is 0 Å². The van der Waals surface area contributed by atoms with Gasteiger partial charge in [-0.2, -0.15) is 0 Å². The zero-order chi connectivity index (χ0) is 19.2. The van der Waals surface area contributed by atoms with E-state index in [1.54, 1.807) is 25.1 Å². The van der Waals surface area contributed by atoms with Crippen LogP contribution >= 0.6 is 0 Å². The van der Waals surface area contributed by atoms with Gasteiger partial charge in [-0.25, -0.2) is 13.1 Å². The highest BCUT2D eigenvalue weighted by atomic mass is 32.2. The number of ether oxygens (including phenoxy) is 1. The molecule has 2 aromatic carbocycles. The Morgan fingerprint density at radius 2 is 1.85 bits per heavy atom. The number of sulfonamides is 1. The molecule has 0 saturated carbocycles. The van der Waals surface area contributed by atoms with Crippen LogP contribution in [0.4, 0.5) is 5.69 Å². The highest BCUT2D eigenvalue weighted by molar-refractivity contribution is 7.89. The van der Waals surface area contributed by atoms with Gasteiger partial charge in [0.1, 0.15) is 5.75 Å². The average molecular weight is 376 g/mol. The summed E-state index contributed by atoms with van der Waals surface area (Å²) in [5.41, 5.74) is 1.55. The molecule has 0 aliphatic rings. The minimum absolute atomic E-state index is 0.160. The molecular weight excluding hydrogens is 352 g/mol. The number of benzene rings is 2. The maximum atomic E-state index is 12.3. The van der Waals surface area contributed by atoms with Crippen LogP contribution in [0.5, 0.6) is 5.75 Å². The molecule has 2 aromatic rings. The molecule has 1 unspecified atom stereocenters. The first-order valence-corrected chi connectivity index (χ1v) is 9.94. The van der Waals surface area contributed by atoms with Crippen LogP contribution in [0.25, 0.3) is 0 Å². The van der Waals surface area contributed by atoms with Crippen LogP contribution in [-0.4, -0.2) is 27.0 Å². The summed E-state index contributed by atoms with van der Waals surface area (Å²) in [4.78, 5) is 12.4. The number of aryl methyl sites for hydroxylation is 1. The molecule has 26 heavy (non-hydrogen) atoms. The number of anilines is 1. The van der Waals surface area contributed by atoms with Crippen molar-refractivity contribution in [2.45, 2.75) is 38.2 Å². The van der Waals surface area contributed by atoms with Gasteiger partial charge < -0.3 is 10.1 Å². The molecule has 7 heteroatoms. The lowest BCUT2D eigenvalue weighted by atomic mass is 10.2. The number of hydrogen-bond acceptors (Lipinski definition) is 4. The maximum absolute atomic E-state index is 12.3. The normalized spacial score (nSPS) is 12.4. The van der Waals surface area contributed by atoms with Crippen molar-refractivity contribution in [3.63, 3.8) is 0 Å².